The molecule has 1 aliphatic rings. The molecule has 0 saturated heterocycles. The number of amides is 1. The van der Waals surface area contributed by atoms with E-state index in [1.54, 1.807) is 12.1 Å². The second-order valence-corrected chi connectivity index (χ2v) is 5.54. The quantitative estimate of drug-likeness (QED) is 0.809. The van der Waals surface area contributed by atoms with Gasteiger partial charge in [-0.1, -0.05) is 18.2 Å². The second-order valence-electron chi connectivity index (χ2n) is 5.54. The van der Waals surface area contributed by atoms with E-state index in [4.69, 9.17) is 0 Å². The maximum atomic E-state index is 12.9. The minimum absolute atomic E-state index is 0.0803. The molecule has 0 fully saturated rings. The predicted molar refractivity (Wildman–Crippen MR) is 78.2 cm³/mol. The molecule has 1 aromatic heterocycles. The standard InChI is InChI=1S/C16H14F3N3O/c1-9-7-11-5-3-4-6-13(11)22(9)15(23)12-8-14(16(17,18)19)21-10(2)20-12/h3-6,8-9H,7H2,1-2H3. The number of alkyl halides is 3. The van der Waals surface area contributed by atoms with Crippen LogP contribution in [-0.2, 0) is 12.6 Å². The number of aromatic nitrogens is 2. The van der Waals surface area contributed by atoms with Crippen molar-refractivity contribution >= 4 is 11.6 Å². The monoisotopic (exact) mass is 321 g/mol. The lowest BCUT2D eigenvalue weighted by Crippen LogP contribution is -2.36. The molecule has 3 rings (SSSR count). The highest BCUT2D eigenvalue weighted by Gasteiger charge is 2.36. The number of para-hydroxylation sites is 1. The largest absolute Gasteiger partial charge is 0.433 e. The summed E-state index contributed by atoms with van der Waals surface area (Å²) in [7, 11) is 0. The van der Waals surface area contributed by atoms with Gasteiger partial charge in [-0.3, -0.25) is 4.79 Å². The third-order valence-electron chi connectivity index (χ3n) is 3.77. The first-order valence-corrected chi connectivity index (χ1v) is 7.11. The molecular formula is C16H14F3N3O. The third-order valence-corrected chi connectivity index (χ3v) is 3.77. The minimum Gasteiger partial charge on any atom is -0.304 e. The Labute approximate surface area is 131 Å². The zero-order chi connectivity index (χ0) is 16.8. The summed E-state index contributed by atoms with van der Waals surface area (Å²) in [5.41, 5.74) is 0.367. The normalized spacial score (nSPS) is 17.3. The lowest BCUT2D eigenvalue weighted by atomic mass is 10.1. The van der Waals surface area contributed by atoms with Crippen molar-refractivity contribution in [1.29, 1.82) is 0 Å². The highest BCUT2D eigenvalue weighted by Crippen LogP contribution is 2.33. The molecule has 120 valence electrons. The highest BCUT2D eigenvalue weighted by atomic mass is 19.4. The van der Waals surface area contributed by atoms with E-state index in [2.05, 4.69) is 9.97 Å². The van der Waals surface area contributed by atoms with Crippen molar-refractivity contribution in [2.45, 2.75) is 32.5 Å². The summed E-state index contributed by atoms with van der Waals surface area (Å²) in [5, 5.41) is 0. The molecular weight excluding hydrogens is 307 g/mol. The number of benzene rings is 1. The number of aryl methyl sites for hydroxylation is 1. The number of fused-ring (bicyclic) bond motifs is 1. The van der Waals surface area contributed by atoms with Crippen molar-refractivity contribution < 1.29 is 18.0 Å². The maximum Gasteiger partial charge on any atom is 0.433 e. The van der Waals surface area contributed by atoms with E-state index in [1.807, 2.05) is 19.1 Å². The van der Waals surface area contributed by atoms with Gasteiger partial charge in [0.25, 0.3) is 5.91 Å². The van der Waals surface area contributed by atoms with Crippen molar-refractivity contribution in [2.24, 2.45) is 0 Å². The van der Waals surface area contributed by atoms with E-state index >= 15 is 0 Å². The predicted octanol–water partition coefficient (Wildman–Crippen LogP) is 3.40. The van der Waals surface area contributed by atoms with E-state index in [9.17, 15) is 18.0 Å². The van der Waals surface area contributed by atoms with E-state index < -0.39 is 17.8 Å². The lowest BCUT2D eigenvalue weighted by Gasteiger charge is -2.22. The molecule has 1 aromatic carbocycles. The zero-order valence-electron chi connectivity index (χ0n) is 12.6. The number of carbonyl (C=O) groups is 1. The van der Waals surface area contributed by atoms with Gasteiger partial charge in [0.2, 0.25) is 0 Å². The summed E-state index contributed by atoms with van der Waals surface area (Å²) in [4.78, 5) is 21.5. The maximum absolute atomic E-state index is 12.9. The number of anilines is 1. The average Bonchev–Trinajstić information content (AvgIpc) is 2.80. The average molecular weight is 321 g/mol. The summed E-state index contributed by atoms with van der Waals surface area (Å²) >= 11 is 0. The van der Waals surface area contributed by atoms with Crippen molar-refractivity contribution in [1.82, 2.24) is 9.97 Å². The van der Waals surface area contributed by atoms with Gasteiger partial charge >= 0.3 is 6.18 Å². The van der Waals surface area contributed by atoms with Gasteiger partial charge in [-0.2, -0.15) is 13.2 Å². The fraction of sp³-hybridized carbons (Fsp3) is 0.312. The van der Waals surface area contributed by atoms with Crippen LogP contribution in [0.25, 0.3) is 0 Å². The molecule has 0 bridgehead atoms. The van der Waals surface area contributed by atoms with E-state index in [0.29, 0.717) is 12.5 Å². The SMILES string of the molecule is Cc1nc(C(=O)N2c3ccccc3CC2C)cc(C(F)(F)F)n1. The first kappa shape index (κ1) is 15.5. The Bertz CT molecular complexity index is 773. The Morgan fingerprint density at radius 3 is 2.65 bits per heavy atom. The van der Waals surface area contributed by atoms with Gasteiger partial charge in [-0.25, -0.2) is 9.97 Å². The van der Waals surface area contributed by atoms with Crippen LogP contribution in [0, 0.1) is 6.92 Å². The van der Waals surface area contributed by atoms with Crippen molar-refractivity contribution in [3.63, 3.8) is 0 Å². The summed E-state index contributed by atoms with van der Waals surface area (Å²) in [6.07, 6.45) is -3.95. The number of hydrogen-bond donors (Lipinski definition) is 0. The highest BCUT2D eigenvalue weighted by molar-refractivity contribution is 6.06. The van der Waals surface area contributed by atoms with Gasteiger partial charge in [0.05, 0.1) is 0 Å². The molecule has 1 aliphatic heterocycles. The fourth-order valence-electron chi connectivity index (χ4n) is 2.82. The number of nitrogens with zero attached hydrogens (tertiary/aromatic N) is 3. The Morgan fingerprint density at radius 2 is 1.96 bits per heavy atom. The summed E-state index contributed by atoms with van der Waals surface area (Å²) in [6.45, 7) is 3.20. The topological polar surface area (TPSA) is 46.1 Å². The molecule has 1 unspecified atom stereocenters. The molecule has 7 heteroatoms. The number of halogens is 3. The van der Waals surface area contributed by atoms with Gasteiger partial charge in [-0.15, -0.1) is 0 Å². The summed E-state index contributed by atoms with van der Waals surface area (Å²) in [6, 6.07) is 7.94. The van der Waals surface area contributed by atoms with Crippen LogP contribution >= 0.6 is 0 Å². The fourth-order valence-corrected chi connectivity index (χ4v) is 2.82. The zero-order valence-corrected chi connectivity index (χ0v) is 12.6. The van der Waals surface area contributed by atoms with Gasteiger partial charge in [-0.05, 0) is 31.9 Å². The Hall–Kier alpha value is -2.44. The van der Waals surface area contributed by atoms with Crippen molar-refractivity contribution in [2.75, 3.05) is 4.90 Å². The van der Waals surface area contributed by atoms with E-state index in [-0.39, 0.29) is 17.6 Å². The first-order chi connectivity index (χ1) is 10.8. The Kier molecular flexibility index (Phi) is 3.58. The van der Waals surface area contributed by atoms with Crippen LogP contribution in [0.15, 0.2) is 30.3 Å². The van der Waals surface area contributed by atoms with Gasteiger partial charge in [0.15, 0.2) is 0 Å². The minimum atomic E-state index is -4.61. The van der Waals surface area contributed by atoms with Gasteiger partial charge in [0.1, 0.15) is 17.2 Å². The number of hydrogen-bond acceptors (Lipinski definition) is 3. The van der Waals surface area contributed by atoms with Crippen molar-refractivity contribution in [3.05, 3.63) is 53.1 Å². The molecule has 0 aliphatic carbocycles. The molecule has 1 amide bonds. The van der Waals surface area contributed by atoms with Crippen molar-refractivity contribution in [3.8, 4) is 0 Å². The number of rotatable bonds is 1. The number of carbonyl (C=O) groups excluding carboxylic acids is 1. The molecule has 0 spiro atoms. The molecule has 1 atom stereocenters. The summed E-state index contributed by atoms with van der Waals surface area (Å²) in [5.74, 6) is -0.623. The van der Waals surface area contributed by atoms with Crippen LogP contribution in [0.1, 0.15) is 34.5 Å². The third kappa shape index (κ3) is 2.78. The molecule has 0 radical (unpaired) electrons. The Morgan fingerprint density at radius 1 is 1.26 bits per heavy atom. The van der Waals surface area contributed by atoms with Crippen LogP contribution in [0.4, 0.5) is 18.9 Å². The molecule has 0 N–H and O–H groups in total. The van der Waals surface area contributed by atoms with Crippen LogP contribution in [-0.4, -0.2) is 21.9 Å². The molecule has 4 nitrogen and oxygen atoms in total. The first-order valence-electron chi connectivity index (χ1n) is 7.11. The van der Waals surface area contributed by atoms with Gasteiger partial charge < -0.3 is 4.90 Å². The lowest BCUT2D eigenvalue weighted by molar-refractivity contribution is -0.141. The summed E-state index contributed by atoms with van der Waals surface area (Å²) < 4.78 is 38.7. The van der Waals surface area contributed by atoms with Gasteiger partial charge in [0, 0.05) is 17.8 Å². The molecule has 2 aromatic rings. The van der Waals surface area contributed by atoms with Crippen LogP contribution in [0.2, 0.25) is 0 Å². The van der Waals surface area contributed by atoms with Crippen LogP contribution in [0.5, 0.6) is 0 Å². The molecule has 0 saturated carbocycles. The molecule has 23 heavy (non-hydrogen) atoms. The second kappa shape index (κ2) is 5.33. The van der Waals surface area contributed by atoms with E-state index in [1.165, 1.54) is 11.8 Å². The smallest absolute Gasteiger partial charge is 0.304 e. The molecule has 2 heterocycles. The Balaban J connectivity index is 2.03. The van der Waals surface area contributed by atoms with Crippen LogP contribution < -0.4 is 4.90 Å². The van der Waals surface area contributed by atoms with Crippen LogP contribution in [0.3, 0.4) is 0 Å². The van der Waals surface area contributed by atoms with E-state index in [0.717, 1.165) is 11.3 Å².